The predicted octanol–water partition coefficient (Wildman–Crippen LogP) is 2.55. The molecule has 3 heteroatoms. The van der Waals surface area contributed by atoms with Gasteiger partial charge >= 0.3 is 0 Å². The Hall–Kier alpha value is -1.51. The molecule has 0 bridgehead atoms. The maximum absolute atomic E-state index is 11.8. The van der Waals surface area contributed by atoms with Crippen molar-refractivity contribution in [1.82, 2.24) is 0 Å². The Morgan fingerprint density at radius 3 is 2.69 bits per heavy atom. The number of benzene rings is 1. The molecule has 0 saturated carbocycles. The highest BCUT2D eigenvalue weighted by Gasteiger charge is 2.30. The summed E-state index contributed by atoms with van der Waals surface area (Å²) in [5, 5.41) is 2.95. The maximum Gasteiger partial charge on any atom is 0.246 e. The van der Waals surface area contributed by atoms with Crippen molar-refractivity contribution in [3.05, 3.63) is 23.8 Å². The molecule has 3 nitrogen and oxygen atoms in total. The highest BCUT2D eigenvalue weighted by atomic mass is 16.2. The highest BCUT2D eigenvalue weighted by molar-refractivity contribution is 6.03. The molecule has 1 aromatic rings. The molecule has 0 aromatic heterocycles. The van der Waals surface area contributed by atoms with Crippen LogP contribution in [0.4, 0.5) is 11.4 Å². The molecule has 1 aliphatic heterocycles. The topological polar surface area (TPSA) is 32.3 Å². The van der Waals surface area contributed by atoms with E-state index in [1.54, 1.807) is 0 Å². The SMILES string of the molecule is Cc1ccc2c(c1)NC(=O)C(C)N2C(C)C. The van der Waals surface area contributed by atoms with E-state index in [4.69, 9.17) is 0 Å². The summed E-state index contributed by atoms with van der Waals surface area (Å²) in [5.41, 5.74) is 3.21. The van der Waals surface area contributed by atoms with Crippen LogP contribution >= 0.6 is 0 Å². The molecular weight excluding hydrogens is 200 g/mol. The van der Waals surface area contributed by atoms with E-state index in [-0.39, 0.29) is 11.9 Å². The Labute approximate surface area is 96.5 Å². The van der Waals surface area contributed by atoms with Gasteiger partial charge in [-0.05, 0) is 45.4 Å². The fraction of sp³-hybridized carbons (Fsp3) is 0.462. The number of aryl methyl sites for hydroxylation is 1. The minimum Gasteiger partial charge on any atom is -0.356 e. The molecule has 0 spiro atoms. The van der Waals surface area contributed by atoms with Gasteiger partial charge in [0, 0.05) is 6.04 Å². The van der Waals surface area contributed by atoms with Gasteiger partial charge in [0.2, 0.25) is 5.91 Å². The van der Waals surface area contributed by atoms with Crippen molar-refractivity contribution in [2.45, 2.75) is 39.8 Å². The molecule has 0 radical (unpaired) electrons. The Kier molecular flexibility index (Phi) is 2.62. The summed E-state index contributed by atoms with van der Waals surface area (Å²) in [5.74, 6) is 0.0757. The Morgan fingerprint density at radius 1 is 1.38 bits per heavy atom. The molecule has 1 heterocycles. The van der Waals surface area contributed by atoms with Gasteiger partial charge in [0.05, 0.1) is 11.4 Å². The van der Waals surface area contributed by atoms with Crippen molar-refractivity contribution in [3.63, 3.8) is 0 Å². The van der Waals surface area contributed by atoms with Gasteiger partial charge in [-0.2, -0.15) is 0 Å². The summed E-state index contributed by atoms with van der Waals surface area (Å²) in [6.07, 6.45) is 0. The van der Waals surface area contributed by atoms with Crippen molar-refractivity contribution < 1.29 is 4.79 Å². The summed E-state index contributed by atoms with van der Waals surface area (Å²) in [6, 6.07) is 6.41. The number of carbonyl (C=O) groups is 1. The van der Waals surface area contributed by atoms with Crippen LogP contribution in [0.2, 0.25) is 0 Å². The van der Waals surface area contributed by atoms with E-state index in [1.807, 2.05) is 19.9 Å². The second kappa shape index (κ2) is 3.81. The zero-order chi connectivity index (χ0) is 11.9. The second-order valence-corrected chi connectivity index (χ2v) is 4.69. The van der Waals surface area contributed by atoms with Gasteiger partial charge in [-0.3, -0.25) is 4.79 Å². The maximum atomic E-state index is 11.8. The van der Waals surface area contributed by atoms with Crippen LogP contribution in [0.1, 0.15) is 26.3 Å². The average molecular weight is 218 g/mol. The van der Waals surface area contributed by atoms with Crippen LogP contribution < -0.4 is 10.2 Å². The third kappa shape index (κ3) is 1.66. The van der Waals surface area contributed by atoms with Crippen LogP contribution in [-0.4, -0.2) is 18.0 Å². The summed E-state index contributed by atoms with van der Waals surface area (Å²) in [6.45, 7) is 8.19. The predicted molar refractivity (Wildman–Crippen MR) is 66.9 cm³/mol. The molecule has 1 aliphatic rings. The minimum atomic E-state index is -0.102. The lowest BCUT2D eigenvalue weighted by atomic mass is 10.1. The fourth-order valence-electron chi connectivity index (χ4n) is 2.27. The first-order chi connectivity index (χ1) is 7.50. The third-order valence-corrected chi connectivity index (χ3v) is 3.04. The van der Waals surface area contributed by atoms with Gasteiger partial charge in [0.25, 0.3) is 0 Å². The highest BCUT2D eigenvalue weighted by Crippen LogP contribution is 2.33. The Morgan fingerprint density at radius 2 is 2.06 bits per heavy atom. The zero-order valence-electron chi connectivity index (χ0n) is 10.2. The Bertz CT molecular complexity index is 426. The van der Waals surface area contributed by atoms with Crippen molar-refractivity contribution >= 4 is 17.3 Å². The number of hydrogen-bond donors (Lipinski definition) is 1. The number of rotatable bonds is 1. The van der Waals surface area contributed by atoms with E-state index in [0.29, 0.717) is 6.04 Å². The standard InChI is InChI=1S/C13H18N2O/c1-8(2)15-10(4)13(16)14-11-7-9(3)5-6-12(11)15/h5-8,10H,1-4H3,(H,14,16). The van der Waals surface area contributed by atoms with E-state index >= 15 is 0 Å². The molecule has 0 aliphatic carbocycles. The number of hydrogen-bond acceptors (Lipinski definition) is 2. The molecule has 1 unspecified atom stereocenters. The first kappa shape index (κ1) is 11.0. The molecule has 1 aromatic carbocycles. The van der Waals surface area contributed by atoms with Gasteiger partial charge in [-0.1, -0.05) is 6.07 Å². The summed E-state index contributed by atoms with van der Waals surface area (Å²) >= 11 is 0. The fourth-order valence-corrected chi connectivity index (χ4v) is 2.27. The van der Waals surface area contributed by atoms with Crippen molar-refractivity contribution in [2.75, 3.05) is 10.2 Å². The number of fused-ring (bicyclic) bond motifs is 1. The molecule has 16 heavy (non-hydrogen) atoms. The van der Waals surface area contributed by atoms with Gasteiger partial charge in [0.15, 0.2) is 0 Å². The number of nitrogens with one attached hydrogen (secondary N) is 1. The van der Waals surface area contributed by atoms with Crippen LogP contribution in [0.3, 0.4) is 0 Å². The van der Waals surface area contributed by atoms with E-state index < -0.39 is 0 Å². The lowest BCUT2D eigenvalue weighted by Crippen LogP contribution is -2.49. The molecule has 2 rings (SSSR count). The third-order valence-electron chi connectivity index (χ3n) is 3.04. The quantitative estimate of drug-likeness (QED) is 0.785. The molecule has 0 saturated heterocycles. The second-order valence-electron chi connectivity index (χ2n) is 4.69. The lowest BCUT2D eigenvalue weighted by Gasteiger charge is -2.39. The molecule has 1 N–H and O–H groups in total. The summed E-state index contributed by atoms with van der Waals surface area (Å²) in [4.78, 5) is 14.0. The van der Waals surface area contributed by atoms with Crippen molar-refractivity contribution in [1.29, 1.82) is 0 Å². The van der Waals surface area contributed by atoms with E-state index in [9.17, 15) is 4.79 Å². The van der Waals surface area contributed by atoms with Gasteiger partial charge in [0.1, 0.15) is 6.04 Å². The number of anilines is 2. The smallest absolute Gasteiger partial charge is 0.246 e. The first-order valence-corrected chi connectivity index (χ1v) is 5.70. The average Bonchev–Trinajstić information content (AvgIpc) is 2.19. The van der Waals surface area contributed by atoms with Crippen molar-refractivity contribution in [2.24, 2.45) is 0 Å². The Balaban J connectivity index is 2.52. The molecule has 86 valence electrons. The normalized spacial score (nSPS) is 19.7. The monoisotopic (exact) mass is 218 g/mol. The van der Waals surface area contributed by atoms with E-state index in [2.05, 4.69) is 36.2 Å². The van der Waals surface area contributed by atoms with Crippen LogP contribution in [-0.2, 0) is 4.79 Å². The first-order valence-electron chi connectivity index (χ1n) is 5.70. The minimum absolute atomic E-state index is 0.0757. The van der Waals surface area contributed by atoms with Crippen LogP contribution in [0.5, 0.6) is 0 Å². The van der Waals surface area contributed by atoms with Crippen LogP contribution in [0, 0.1) is 6.92 Å². The van der Waals surface area contributed by atoms with Crippen LogP contribution in [0.25, 0.3) is 0 Å². The largest absolute Gasteiger partial charge is 0.356 e. The van der Waals surface area contributed by atoms with Crippen molar-refractivity contribution in [3.8, 4) is 0 Å². The van der Waals surface area contributed by atoms with E-state index in [1.165, 1.54) is 0 Å². The number of carbonyl (C=O) groups excluding carboxylic acids is 1. The molecule has 0 fully saturated rings. The molecular formula is C13H18N2O. The van der Waals surface area contributed by atoms with Gasteiger partial charge < -0.3 is 10.2 Å². The summed E-state index contributed by atoms with van der Waals surface area (Å²) < 4.78 is 0. The van der Waals surface area contributed by atoms with Gasteiger partial charge in [-0.15, -0.1) is 0 Å². The van der Waals surface area contributed by atoms with Gasteiger partial charge in [-0.25, -0.2) is 0 Å². The van der Waals surface area contributed by atoms with E-state index in [0.717, 1.165) is 16.9 Å². The molecule has 1 amide bonds. The van der Waals surface area contributed by atoms with Crippen LogP contribution in [0.15, 0.2) is 18.2 Å². The lowest BCUT2D eigenvalue weighted by molar-refractivity contribution is -0.117. The number of amides is 1. The summed E-state index contributed by atoms with van der Waals surface area (Å²) in [7, 11) is 0. The number of nitrogens with zero attached hydrogens (tertiary/aromatic N) is 1. The molecule has 1 atom stereocenters. The zero-order valence-corrected chi connectivity index (χ0v) is 10.2.